The summed E-state index contributed by atoms with van der Waals surface area (Å²) >= 11 is 18.9. The van der Waals surface area contributed by atoms with E-state index in [0.29, 0.717) is 15.1 Å². The molecule has 0 aliphatic carbocycles. The number of hydrogen-bond donors (Lipinski definition) is 1. The van der Waals surface area contributed by atoms with Gasteiger partial charge in [-0.1, -0.05) is 53.0 Å². The van der Waals surface area contributed by atoms with Crippen LogP contribution in [0.3, 0.4) is 0 Å². The van der Waals surface area contributed by atoms with Crippen LogP contribution in [0.25, 0.3) is 16.9 Å². The monoisotopic (exact) mass is 391 g/mol. The fraction of sp³-hybridized carbons (Fsp3) is 0.211. The Morgan fingerprint density at radius 3 is 2.68 bits per heavy atom. The van der Waals surface area contributed by atoms with Gasteiger partial charge in [-0.25, -0.2) is 4.68 Å². The Morgan fingerprint density at radius 1 is 1.00 bits per heavy atom. The van der Waals surface area contributed by atoms with Crippen molar-refractivity contribution in [2.24, 2.45) is 0 Å². The summed E-state index contributed by atoms with van der Waals surface area (Å²) in [6.45, 7) is 0.909. The van der Waals surface area contributed by atoms with E-state index in [-0.39, 0.29) is 0 Å². The topological polar surface area (TPSA) is 29.9 Å². The molecule has 0 fully saturated rings. The van der Waals surface area contributed by atoms with E-state index in [2.05, 4.69) is 5.32 Å². The van der Waals surface area contributed by atoms with Crippen molar-refractivity contribution in [1.82, 2.24) is 9.78 Å². The van der Waals surface area contributed by atoms with Crippen molar-refractivity contribution in [1.29, 1.82) is 0 Å². The molecule has 0 bridgehead atoms. The predicted octanol–water partition coefficient (Wildman–Crippen LogP) is 6.25. The summed E-state index contributed by atoms with van der Waals surface area (Å²) in [4.78, 5) is 0. The fourth-order valence-electron chi connectivity index (χ4n) is 3.20. The van der Waals surface area contributed by atoms with Crippen molar-refractivity contribution in [3.05, 3.63) is 63.1 Å². The first-order valence-corrected chi connectivity index (χ1v) is 9.34. The van der Waals surface area contributed by atoms with E-state index in [1.807, 2.05) is 41.1 Å². The number of rotatable bonds is 2. The molecule has 128 valence electrons. The molecule has 1 aliphatic rings. The van der Waals surface area contributed by atoms with Crippen molar-refractivity contribution in [3.63, 3.8) is 0 Å². The van der Waals surface area contributed by atoms with Crippen LogP contribution in [0.5, 0.6) is 0 Å². The van der Waals surface area contributed by atoms with Gasteiger partial charge in [-0.2, -0.15) is 5.10 Å². The van der Waals surface area contributed by atoms with Crippen LogP contribution in [0.2, 0.25) is 15.1 Å². The molecule has 0 atom stereocenters. The Morgan fingerprint density at radius 2 is 1.84 bits per heavy atom. The van der Waals surface area contributed by atoms with Gasteiger partial charge in [0.1, 0.15) is 5.82 Å². The van der Waals surface area contributed by atoms with E-state index >= 15 is 0 Å². The second-order valence-electron chi connectivity index (χ2n) is 6.05. The summed E-state index contributed by atoms with van der Waals surface area (Å²) in [7, 11) is 0. The van der Waals surface area contributed by atoms with Crippen molar-refractivity contribution in [2.75, 3.05) is 11.9 Å². The molecule has 6 heteroatoms. The van der Waals surface area contributed by atoms with Crippen molar-refractivity contribution < 1.29 is 0 Å². The highest BCUT2D eigenvalue weighted by Crippen LogP contribution is 2.37. The summed E-state index contributed by atoms with van der Waals surface area (Å²) in [6.07, 6.45) is 3.19. The highest BCUT2D eigenvalue weighted by atomic mass is 35.5. The molecule has 3 aromatic rings. The van der Waals surface area contributed by atoms with Crippen LogP contribution in [-0.2, 0) is 6.42 Å². The number of benzene rings is 2. The fourth-order valence-corrected chi connectivity index (χ4v) is 3.77. The molecule has 1 aromatic heterocycles. The Labute approximate surface area is 161 Å². The Hall–Kier alpha value is -1.68. The number of halogens is 3. The SMILES string of the molecule is Clc1cccc(-c2nn(-c3cccc(Cl)c3Cl)c3c2CCCCN3)c1. The van der Waals surface area contributed by atoms with Gasteiger partial charge in [0.2, 0.25) is 0 Å². The van der Waals surface area contributed by atoms with Gasteiger partial charge in [0.15, 0.2) is 0 Å². The number of nitrogens with zero attached hydrogens (tertiary/aromatic N) is 2. The van der Waals surface area contributed by atoms with E-state index in [9.17, 15) is 0 Å². The molecule has 1 N–H and O–H groups in total. The first-order valence-electron chi connectivity index (χ1n) is 8.21. The van der Waals surface area contributed by atoms with Crippen LogP contribution in [0.4, 0.5) is 5.82 Å². The number of nitrogens with one attached hydrogen (secondary N) is 1. The zero-order valence-electron chi connectivity index (χ0n) is 13.4. The minimum absolute atomic E-state index is 0.498. The van der Waals surface area contributed by atoms with Crippen LogP contribution >= 0.6 is 34.8 Å². The largest absolute Gasteiger partial charge is 0.370 e. The third kappa shape index (κ3) is 3.12. The number of anilines is 1. The molecule has 0 saturated heterocycles. The molecule has 25 heavy (non-hydrogen) atoms. The molecular weight excluding hydrogens is 377 g/mol. The summed E-state index contributed by atoms with van der Waals surface area (Å²) in [6, 6.07) is 13.4. The zero-order valence-corrected chi connectivity index (χ0v) is 15.7. The molecule has 0 saturated carbocycles. The van der Waals surface area contributed by atoms with Crippen molar-refractivity contribution in [2.45, 2.75) is 19.3 Å². The molecule has 0 radical (unpaired) electrons. The van der Waals surface area contributed by atoms with Gasteiger partial charge in [-0.15, -0.1) is 0 Å². The van der Waals surface area contributed by atoms with Gasteiger partial charge in [0.05, 0.1) is 21.4 Å². The molecule has 4 rings (SSSR count). The predicted molar refractivity (Wildman–Crippen MR) is 105 cm³/mol. The third-order valence-electron chi connectivity index (χ3n) is 4.39. The van der Waals surface area contributed by atoms with Crippen molar-refractivity contribution >= 4 is 40.6 Å². The van der Waals surface area contributed by atoms with Gasteiger partial charge in [-0.05, 0) is 43.5 Å². The minimum atomic E-state index is 0.498. The maximum atomic E-state index is 6.45. The van der Waals surface area contributed by atoms with Crippen molar-refractivity contribution in [3.8, 4) is 16.9 Å². The van der Waals surface area contributed by atoms with E-state index in [1.54, 1.807) is 6.07 Å². The second kappa shape index (κ2) is 6.91. The van der Waals surface area contributed by atoms with E-state index in [0.717, 1.165) is 48.6 Å². The van der Waals surface area contributed by atoms with Crippen LogP contribution in [-0.4, -0.2) is 16.3 Å². The molecule has 0 unspecified atom stereocenters. The lowest BCUT2D eigenvalue weighted by Gasteiger charge is -2.11. The maximum absolute atomic E-state index is 6.45. The molecule has 0 amide bonds. The normalized spacial score (nSPS) is 13.9. The highest BCUT2D eigenvalue weighted by molar-refractivity contribution is 6.43. The quantitative estimate of drug-likeness (QED) is 0.559. The standard InChI is InChI=1S/C19H16Cl3N3/c20-13-6-3-5-12(11-13)18-14-7-1-2-10-23-19(14)25(24-18)16-9-4-8-15(21)17(16)22/h3-6,8-9,11,23H,1-2,7,10H2. The zero-order chi connectivity index (χ0) is 17.4. The molecule has 2 heterocycles. The molecule has 3 nitrogen and oxygen atoms in total. The molecule has 1 aliphatic heterocycles. The first kappa shape index (κ1) is 16.8. The number of aromatic nitrogens is 2. The van der Waals surface area contributed by atoms with E-state index in [1.165, 1.54) is 5.56 Å². The molecule has 2 aromatic carbocycles. The smallest absolute Gasteiger partial charge is 0.133 e. The van der Waals surface area contributed by atoms with Gasteiger partial charge >= 0.3 is 0 Å². The Balaban J connectivity index is 1.95. The van der Waals surface area contributed by atoms with Gasteiger partial charge < -0.3 is 5.32 Å². The van der Waals surface area contributed by atoms with E-state index in [4.69, 9.17) is 39.9 Å². The Bertz CT molecular complexity index is 934. The third-order valence-corrected chi connectivity index (χ3v) is 5.43. The van der Waals surface area contributed by atoms with Crippen LogP contribution in [0.1, 0.15) is 18.4 Å². The number of fused-ring (bicyclic) bond motifs is 1. The average Bonchev–Trinajstić information content (AvgIpc) is 2.79. The Kier molecular flexibility index (Phi) is 4.63. The lowest BCUT2D eigenvalue weighted by atomic mass is 10.0. The average molecular weight is 393 g/mol. The summed E-state index contributed by atoms with van der Waals surface area (Å²) < 4.78 is 1.87. The van der Waals surface area contributed by atoms with E-state index < -0.39 is 0 Å². The lowest BCUT2D eigenvalue weighted by molar-refractivity contribution is 0.780. The van der Waals surface area contributed by atoms with Crippen LogP contribution < -0.4 is 5.32 Å². The lowest BCUT2D eigenvalue weighted by Crippen LogP contribution is -2.07. The first-order chi connectivity index (χ1) is 12.1. The molecular formula is C19H16Cl3N3. The molecule has 0 spiro atoms. The minimum Gasteiger partial charge on any atom is -0.370 e. The summed E-state index contributed by atoms with van der Waals surface area (Å²) in [5, 5.41) is 10.1. The highest BCUT2D eigenvalue weighted by Gasteiger charge is 2.23. The summed E-state index contributed by atoms with van der Waals surface area (Å²) in [5.74, 6) is 0.983. The van der Waals surface area contributed by atoms with Gasteiger partial charge in [0.25, 0.3) is 0 Å². The summed E-state index contributed by atoms with van der Waals surface area (Å²) in [5.41, 5.74) is 3.90. The van der Waals surface area contributed by atoms with Gasteiger partial charge in [-0.3, -0.25) is 0 Å². The number of hydrogen-bond acceptors (Lipinski definition) is 2. The van der Waals surface area contributed by atoms with Gasteiger partial charge in [0, 0.05) is 22.7 Å². The van der Waals surface area contributed by atoms with Crippen LogP contribution in [0, 0.1) is 0 Å². The maximum Gasteiger partial charge on any atom is 0.133 e. The second-order valence-corrected chi connectivity index (χ2v) is 7.28. The van der Waals surface area contributed by atoms with Crippen LogP contribution in [0.15, 0.2) is 42.5 Å².